The number of hydrogen-bond acceptors (Lipinski definition) is 1. The monoisotopic (exact) mass is 169 g/mol. The van der Waals surface area contributed by atoms with Gasteiger partial charge in [-0.05, 0) is 26.2 Å². The summed E-state index contributed by atoms with van der Waals surface area (Å²) in [6, 6.07) is 0.393. The van der Waals surface area contributed by atoms with Crippen LogP contribution in [0.25, 0.3) is 0 Å². The van der Waals surface area contributed by atoms with E-state index in [0.29, 0.717) is 12.0 Å². The van der Waals surface area contributed by atoms with Gasteiger partial charge in [0.15, 0.2) is 0 Å². The van der Waals surface area contributed by atoms with Crippen molar-refractivity contribution in [1.29, 1.82) is 0 Å². The normalized spacial score (nSPS) is 29.0. The van der Waals surface area contributed by atoms with Crippen LogP contribution in [0.3, 0.4) is 0 Å². The zero-order valence-electron chi connectivity index (χ0n) is 8.48. The maximum atomic E-state index is 11.2. The van der Waals surface area contributed by atoms with E-state index in [1.807, 2.05) is 13.8 Å². The minimum absolute atomic E-state index is 0.130. The van der Waals surface area contributed by atoms with Crippen molar-refractivity contribution in [2.75, 3.05) is 0 Å². The van der Waals surface area contributed by atoms with Crippen molar-refractivity contribution in [2.45, 2.75) is 46.6 Å². The Morgan fingerprint density at radius 1 is 1.58 bits per heavy atom. The van der Waals surface area contributed by atoms with Crippen LogP contribution >= 0.6 is 0 Å². The lowest BCUT2D eigenvalue weighted by Crippen LogP contribution is -2.66. The summed E-state index contributed by atoms with van der Waals surface area (Å²) in [5.41, 5.74) is -0.130. The summed E-state index contributed by atoms with van der Waals surface area (Å²) in [6.07, 6.45) is 2.40. The molecule has 1 rings (SSSR count). The zero-order chi connectivity index (χ0) is 9.35. The van der Waals surface area contributed by atoms with Crippen LogP contribution in [0.15, 0.2) is 0 Å². The second-order valence-electron chi connectivity index (χ2n) is 4.44. The Hall–Kier alpha value is -0.530. The molecule has 2 nitrogen and oxygen atoms in total. The van der Waals surface area contributed by atoms with Crippen molar-refractivity contribution >= 4 is 5.91 Å². The Bertz CT molecular complexity index is 186. The number of rotatable bonds is 3. The van der Waals surface area contributed by atoms with Gasteiger partial charge in [0.2, 0.25) is 5.91 Å². The third-order valence-electron chi connectivity index (χ3n) is 2.96. The van der Waals surface area contributed by atoms with E-state index in [-0.39, 0.29) is 11.3 Å². The lowest BCUT2D eigenvalue weighted by Gasteiger charge is -2.47. The molecule has 2 heteroatoms. The number of carbonyl (C=O) groups excluding carboxylic acids is 1. The van der Waals surface area contributed by atoms with Crippen molar-refractivity contribution in [1.82, 2.24) is 5.32 Å². The Balaban J connectivity index is 2.51. The first-order valence-corrected chi connectivity index (χ1v) is 4.81. The molecule has 0 aromatic carbocycles. The van der Waals surface area contributed by atoms with Gasteiger partial charge in [-0.1, -0.05) is 20.3 Å². The van der Waals surface area contributed by atoms with Gasteiger partial charge in [-0.25, -0.2) is 0 Å². The highest BCUT2D eigenvalue weighted by Crippen LogP contribution is 2.35. The van der Waals surface area contributed by atoms with Crippen LogP contribution < -0.4 is 5.32 Å². The number of carbonyl (C=O) groups is 1. The van der Waals surface area contributed by atoms with Gasteiger partial charge in [0.05, 0.1) is 5.41 Å². The molecule has 0 aromatic heterocycles. The molecule has 0 spiro atoms. The van der Waals surface area contributed by atoms with E-state index in [0.717, 1.165) is 0 Å². The molecule has 0 aliphatic carbocycles. The van der Waals surface area contributed by atoms with Crippen LogP contribution in [0.5, 0.6) is 0 Å². The topological polar surface area (TPSA) is 29.1 Å². The van der Waals surface area contributed by atoms with Gasteiger partial charge in [0.1, 0.15) is 0 Å². The first-order valence-electron chi connectivity index (χ1n) is 4.81. The highest BCUT2D eigenvalue weighted by molar-refractivity contribution is 5.89. The summed E-state index contributed by atoms with van der Waals surface area (Å²) in [4.78, 5) is 11.2. The molecule has 1 amide bonds. The van der Waals surface area contributed by atoms with Crippen LogP contribution in [0, 0.1) is 11.3 Å². The fourth-order valence-corrected chi connectivity index (χ4v) is 2.05. The predicted octanol–water partition coefficient (Wildman–Crippen LogP) is 1.95. The van der Waals surface area contributed by atoms with Crippen LogP contribution in [-0.4, -0.2) is 11.9 Å². The zero-order valence-corrected chi connectivity index (χ0v) is 8.48. The van der Waals surface area contributed by atoms with Gasteiger partial charge in [0.25, 0.3) is 0 Å². The lowest BCUT2D eigenvalue weighted by atomic mass is 9.70. The van der Waals surface area contributed by atoms with E-state index in [1.54, 1.807) is 0 Å². The summed E-state index contributed by atoms with van der Waals surface area (Å²) >= 11 is 0. The quantitative estimate of drug-likeness (QED) is 0.643. The Kier molecular flexibility index (Phi) is 2.45. The smallest absolute Gasteiger partial charge is 0.228 e. The SMILES string of the molecule is CCCC(C)C1NC(=O)C1(C)C. The molecule has 70 valence electrons. The minimum Gasteiger partial charge on any atom is -0.352 e. The highest BCUT2D eigenvalue weighted by atomic mass is 16.2. The summed E-state index contributed by atoms with van der Waals surface area (Å²) < 4.78 is 0. The number of β-lactam (4-membered cyclic amide) rings is 1. The predicted molar refractivity (Wildman–Crippen MR) is 49.8 cm³/mol. The van der Waals surface area contributed by atoms with E-state index in [2.05, 4.69) is 19.2 Å². The largest absolute Gasteiger partial charge is 0.352 e. The highest BCUT2D eigenvalue weighted by Gasteiger charge is 2.48. The van der Waals surface area contributed by atoms with Gasteiger partial charge in [-0.15, -0.1) is 0 Å². The second kappa shape index (κ2) is 3.08. The van der Waals surface area contributed by atoms with Gasteiger partial charge < -0.3 is 5.32 Å². The lowest BCUT2D eigenvalue weighted by molar-refractivity contribution is -0.145. The first kappa shape index (κ1) is 9.56. The van der Waals surface area contributed by atoms with Crippen LogP contribution in [0.4, 0.5) is 0 Å². The Labute approximate surface area is 74.7 Å². The van der Waals surface area contributed by atoms with E-state index in [1.165, 1.54) is 12.8 Å². The summed E-state index contributed by atoms with van der Waals surface area (Å²) in [5.74, 6) is 0.818. The van der Waals surface area contributed by atoms with E-state index in [9.17, 15) is 4.79 Å². The Morgan fingerprint density at radius 3 is 2.50 bits per heavy atom. The third kappa shape index (κ3) is 1.35. The molecule has 1 aliphatic heterocycles. The molecule has 0 saturated carbocycles. The van der Waals surface area contributed by atoms with Crippen molar-refractivity contribution < 1.29 is 4.79 Å². The van der Waals surface area contributed by atoms with Crippen molar-refractivity contribution in [3.05, 3.63) is 0 Å². The molecule has 0 radical (unpaired) electrons. The molecule has 1 N–H and O–H groups in total. The number of amides is 1. The van der Waals surface area contributed by atoms with Gasteiger partial charge in [0, 0.05) is 6.04 Å². The molecule has 1 aliphatic rings. The van der Waals surface area contributed by atoms with Gasteiger partial charge >= 0.3 is 0 Å². The Morgan fingerprint density at radius 2 is 2.17 bits per heavy atom. The van der Waals surface area contributed by atoms with Crippen molar-refractivity contribution in [2.24, 2.45) is 11.3 Å². The molecule has 2 atom stereocenters. The summed E-state index contributed by atoms with van der Waals surface area (Å²) in [7, 11) is 0. The molecule has 12 heavy (non-hydrogen) atoms. The summed E-state index contributed by atoms with van der Waals surface area (Å²) in [5, 5.41) is 2.98. The number of nitrogens with one attached hydrogen (secondary N) is 1. The third-order valence-corrected chi connectivity index (χ3v) is 2.96. The second-order valence-corrected chi connectivity index (χ2v) is 4.44. The average molecular weight is 169 g/mol. The molecular formula is C10H19NO. The van der Waals surface area contributed by atoms with Crippen molar-refractivity contribution in [3.8, 4) is 0 Å². The maximum Gasteiger partial charge on any atom is 0.228 e. The molecule has 2 unspecified atom stereocenters. The number of hydrogen-bond donors (Lipinski definition) is 1. The minimum atomic E-state index is -0.130. The van der Waals surface area contributed by atoms with E-state index >= 15 is 0 Å². The molecule has 0 aromatic rings. The first-order chi connectivity index (χ1) is 5.50. The van der Waals surface area contributed by atoms with Crippen LogP contribution in [0.2, 0.25) is 0 Å². The van der Waals surface area contributed by atoms with Crippen molar-refractivity contribution in [3.63, 3.8) is 0 Å². The van der Waals surface area contributed by atoms with Gasteiger partial charge in [-0.3, -0.25) is 4.79 Å². The van der Waals surface area contributed by atoms with Gasteiger partial charge in [-0.2, -0.15) is 0 Å². The average Bonchev–Trinajstić information content (AvgIpc) is 2.00. The standard InChI is InChI=1S/C10H19NO/c1-5-6-7(2)8-10(3,4)9(12)11-8/h7-8H,5-6H2,1-4H3,(H,11,12). The fraction of sp³-hybridized carbons (Fsp3) is 0.900. The molecule has 1 saturated heterocycles. The van der Waals surface area contributed by atoms with E-state index < -0.39 is 0 Å². The molecule has 1 heterocycles. The van der Waals surface area contributed by atoms with E-state index in [4.69, 9.17) is 0 Å². The fourth-order valence-electron chi connectivity index (χ4n) is 2.05. The maximum absolute atomic E-state index is 11.2. The van der Waals surface area contributed by atoms with Crippen LogP contribution in [0.1, 0.15) is 40.5 Å². The van der Waals surface area contributed by atoms with Crippen LogP contribution in [-0.2, 0) is 4.79 Å². The molecule has 0 bridgehead atoms. The summed E-state index contributed by atoms with van der Waals surface area (Å²) in [6.45, 7) is 8.46. The molecule has 1 fully saturated rings. The molecular weight excluding hydrogens is 150 g/mol.